The van der Waals surface area contributed by atoms with Gasteiger partial charge in [-0.2, -0.15) is 0 Å². The molecular weight excluding hydrogens is 168 g/mol. The molecule has 0 bridgehead atoms. The van der Waals surface area contributed by atoms with E-state index < -0.39 is 6.09 Å². The standard InChI is InChI=1S/C9H18N2O2/c1-6(10)7-2-4-8(5-3-7)11-9(12)13/h6-8,11H,2-5,10H2,1H3,(H,12,13)/t6-,7?,8?/m0/s1. The summed E-state index contributed by atoms with van der Waals surface area (Å²) in [5, 5.41) is 11.0. The highest BCUT2D eigenvalue weighted by Crippen LogP contribution is 2.25. The van der Waals surface area contributed by atoms with Crippen LogP contribution in [-0.4, -0.2) is 23.3 Å². The molecule has 1 fully saturated rings. The van der Waals surface area contributed by atoms with Crippen LogP contribution >= 0.6 is 0 Å². The van der Waals surface area contributed by atoms with Gasteiger partial charge in [-0.25, -0.2) is 4.79 Å². The zero-order valence-corrected chi connectivity index (χ0v) is 7.99. The van der Waals surface area contributed by atoms with E-state index in [1.54, 1.807) is 0 Å². The molecule has 1 amide bonds. The molecule has 0 spiro atoms. The largest absolute Gasteiger partial charge is 0.465 e. The third-order valence-corrected chi connectivity index (χ3v) is 2.84. The summed E-state index contributed by atoms with van der Waals surface area (Å²) >= 11 is 0. The zero-order chi connectivity index (χ0) is 9.84. The average molecular weight is 186 g/mol. The number of hydrogen-bond acceptors (Lipinski definition) is 2. The van der Waals surface area contributed by atoms with Crippen molar-refractivity contribution in [3.8, 4) is 0 Å². The number of nitrogens with two attached hydrogens (primary N) is 1. The van der Waals surface area contributed by atoms with Crippen LogP contribution in [0.25, 0.3) is 0 Å². The van der Waals surface area contributed by atoms with Gasteiger partial charge in [0.2, 0.25) is 0 Å². The number of carboxylic acid groups (broad SMARTS) is 1. The molecule has 4 heteroatoms. The molecule has 0 aromatic heterocycles. The van der Waals surface area contributed by atoms with Gasteiger partial charge in [0.25, 0.3) is 0 Å². The second kappa shape index (κ2) is 4.46. The monoisotopic (exact) mass is 186 g/mol. The van der Waals surface area contributed by atoms with Crippen LogP contribution in [-0.2, 0) is 0 Å². The van der Waals surface area contributed by atoms with Crippen molar-refractivity contribution < 1.29 is 9.90 Å². The van der Waals surface area contributed by atoms with Gasteiger partial charge < -0.3 is 16.2 Å². The van der Waals surface area contributed by atoms with Crippen molar-refractivity contribution in [1.29, 1.82) is 0 Å². The summed E-state index contributed by atoms with van der Waals surface area (Å²) in [5.74, 6) is 0.576. The van der Waals surface area contributed by atoms with E-state index in [2.05, 4.69) is 5.32 Å². The van der Waals surface area contributed by atoms with E-state index in [4.69, 9.17) is 10.8 Å². The van der Waals surface area contributed by atoms with Crippen molar-refractivity contribution in [2.24, 2.45) is 11.7 Å². The minimum Gasteiger partial charge on any atom is -0.465 e. The highest BCUT2D eigenvalue weighted by molar-refractivity contribution is 5.64. The quantitative estimate of drug-likeness (QED) is 0.605. The molecule has 0 heterocycles. The summed E-state index contributed by atoms with van der Waals surface area (Å²) in [6, 6.07) is 0.387. The van der Waals surface area contributed by atoms with E-state index in [-0.39, 0.29) is 12.1 Å². The lowest BCUT2D eigenvalue weighted by atomic mass is 9.82. The van der Waals surface area contributed by atoms with Gasteiger partial charge in [0.1, 0.15) is 0 Å². The van der Waals surface area contributed by atoms with Crippen molar-refractivity contribution in [3.05, 3.63) is 0 Å². The zero-order valence-electron chi connectivity index (χ0n) is 7.99. The minimum absolute atomic E-state index is 0.146. The lowest BCUT2D eigenvalue weighted by molar-refractivity contribution is 0.180. The van der Waals surface area contributed by atoms with Crippen LogP contribution < -0.4 is 11.1 Å². The second-order valence-corrected chi connectivity index (χ2v) is 3.92. The van der Waals surface area contributed by atoms with Crippen molar-refractivity contribution in [1.82, 2.24) is 5.32 Å². The van der Waals surface area contributed by atoms with Crippen LogP contribution in [0.1, 0.15) is 32.6 Å². The summed E-state index contributed by atoms with van der Waals surface area (Å²) in [6.07, 6.45) is 3.03. The summed E-state index contributed by atoms with van der Waals surface area (Å²) in [7, 11) is 0. The Morgan fingerprint density at radius 2 is 2.00 bits per heavy atom. The molecule has 0 aliphatic heterocycles. The van der Waals surface area contributed by atoms with Crippen LogP contribution in [0.15, 0.2) is 0 Å². The maximum absolute atomic E-state index is 10.3. The maximum Gasteiger partial charge on any atom is 0.404 e. The van der Waals surface area contributed by atoms with Crippen LogP contribution in [0.2, 0.25) is 0 Å². The fraction of sp³-hybridized carbons (Fsp3) is 0.889. The molecule has 4 nitrogen and oxygen atoms in total. The summed E-state index contributed by atoms with van der Waals surface area (Å²) in [4.78, 5) is 10.3. The Balaban J connectivity index is 2.26. The van der Waals surface area contributed by atoms with Crippen LogP contribution in [0, 0.1) is 5.92 Å². The first-order chi connectivity index (χ1) is 6.09. The molecule has 1 aliphatic carbocycles. The SMILES string of the molecule is C[C@H](N)C1CCC(NC(=O)O)CC1. The normalized spacial score (nSPS) is 30.9. The molecule has 4 N–H and O–H groups in total. The number of amides is 1. The van der Waals surface area contributed by atoms with E-state index in [9.17, 15) is 4.79 Å². The number of nitrogens with one attached hydrogen (secondary N) is 1. The first-order valence-electron chi connectivity index (χ1n) is 4.84. The second-order valence-electron chi connectivity index (χ2n) is 3.92. The van der Waals surface area contributed by atoms with Gasteiger partial charge >= 0.3 is 6.09 Å². The minimum atomic E-state index is -0.913. The fourth-order valence-electron chi connectivity index (χ4n) is 1.96. The molecule has 0 saturated heterocycles. The van der Waals surface area contributed by atoms with Crippen molar-refractivity contribution >= 4 is 6.09 Å². The molecule has 0 unspecified atom stereocenters. The Morgan fingerprint density at radius 3 is 2.38 bits per heavy atom. The van der Waals surface area contributed by atoms with E-state index in [0.29, 0.717) is 5.92 Å². The maximum atomic E-state index is 10.3. The van der Waals surface area contributed by atoms with Crippen molar-refractivity contribution in [2.45, 2.75) is 44.7 Å². The van der Waals surface area contributed by atoms with Gasteiger partial charge in [0.05, 0.1) is 0 Å². The predicted octanol–water partition coefficient (Wildman–Crippen LogP) is 1.16. The Labute approximate surface area is 78.5 Å². The highest BCUT2D eigenvalue weighted by atomic mass is 16.4. The third kappa shape index (κ3) is 3.22. The lowest BCUT2D eigenvalue weighted by Crippen LogP contribution is -2.39. The summed E-state index contributed by atoms with van der Waals surface area (Å²) in [6.45, 7) is 2.02. The number of rotatable bonds is 2. The Bertz CT molecular complexity index is 174. The summed E-state index contributed by atoms with van der Waals surface area (Å²) in [5.41, 5.74) is 5.78. The van der Waals surface area contributed by atoms with Gasteiger partial charge in [0, 0.05) is 12.1 Å². The first-order valence-corrected chi connectivity index (χ1v) is 4.84. The molecule has 1 rings (SSSR count). The predicted molar refractivity (Wildman–Crippen MR) is 50.6 cm³/mol. The van der Waals surface area contributed by atoms with E-state index in [1.165, 1.54) is 0 Å². The molecule has 1 saturated carbocycles. The fourth-order valence-corrected chi connectivity index (χ4v) is 1.96. The molecular formula is C9H18N2O2. The molecule has 0 aromatic rings. The van der Waals surface area contributed by atoms with E-state index in [0.717, 1.165) is 25.7 Å². The van der Waals surface area contributed by atoms with E-state index >= 15 is 0 Å². The van der Waals surface area contributed by atoms with Crippen molar-refractivity contribution in [3.63, 3.8) is 0 Å². The Kier molecular flexibility index (Phi) is 3.54. The molecule has 1 atom stereocenters. The molecule has 0 radical (unpaired) electrons. The Hall–Kier alpha value is -0.770. The molecule has 1 aliphatic rings. The van der Waals surface area contributed by atoms with Crippen LogP contribution in [0.4, 0.5) is 4.79 Å². The smallest absolute Gasteiger partial charge is 0.404 e. The van der Waals surface area contributed by atoms with Crippen LogP contribution in [0.5, 0.6) is 0 Å². The highest BCUT2D eigenvalue weighted by Gasteiger charge is 2.24. The molecule has 76 valence electrons. The summed E-state index contributed by atoms with van der Waals surface area (Å²) < 4.78 is 0. The van der Waals surface area contributed by atoms with Gasteiger partial charge in [0.15, 0.2) is 0 Å². The van der Waals surface area contributed by atoms with Crippen molar-refractivity contribution in [2.75, 3.05) is 0 Å². The topological polar surface area (TPSA) is 75.3 Å². The molecule has 0 aromatic carbocycles. The number of carbonyl (C=O) groups is 1. The lowest BCUT2D eigenvalue weighted by Gasteiger charge is -2.30. The average Bonchev–Trinajstić information content (AvgIpc) is 2.04. The third-order valence-electron chi connectivity index (χ3n) is 2.84. The van der Waals surface area contributed by atoms with Gasteiger partial charge in [-0.3, -0.25) is 0 Å². The van der Waals surface area contributed by atoms with Gasteiger partial charge in [-0.1, -0.05) is 0 Å². The van der Waals surface area contributed by atoms with Gasteiger partial charge in [-0.15, -0.1) is 0 Å². The Morgan fingerprint density at radius 1 is 1.46 bits per heavy atom. The molecule has 13 heavy (non-hydrogen) atoms. The van der Waals surface area contributed by atoms with Crippen LogP contribution in [0.3, 0.4) is 0 Å². The van der Waals surface area contributed by atoms with E-state index in [1.807, 2.05) is 6.92 Å². The first kappa shape index (κ1) is 10.3. The van der Waals surface area contributed by atoms with Gasteiger partial charge in [-0.05, 0) is 38.5 Å². The number of hydrogen-bond donors (Lipinski definition) is 3.